The predicted octanol–water partition coefficient (Wildman–Crippen LogP) is 0.680. The second kappa shape index (κ2) is 8.46. The third-order valence-electron chi connectivity index (χ3n) is 3.03. The van der Waals surface area contributed by atoms with Crippen LogP contribution in [-0.2, 0) is 10.1 Å². The van der Waals surface area contributed by atoms with Gasteiger partial charge >= 0.3 is 29.6 Å². The Hall–Kier alpha value is -1.17. The minimum absolute atomic E-state index is 0. The fourth-order valence-corrected chi connectivity index (χ4v) is 3.11. The zero-order chi connectivity index (χ0) is 15.3. The molecule has 0 bridgehead atoms. The molecule has 0 amide bonds. The van der Waals surface area contributed by atoms with Crippen molar-refractivity contribution >= 4 is 20.6 Å². The molecule has 0 heterocycles. The van der Waals surface area contributed by atoms with E-state index >= 15 is 0 Å². The third-order valence-corrected chi connectivity index (χ3v) is 4.01. The van der Waals surface area contributed by atoms with Crippen molar-refractivity contribution in [2.75, 3.05) is 0 Å². The molecule has 0 atom stereocenters. The second-order valence-electron chi connectivity index (χ2n) is 4.49. The minimum atomic E-state index is -4.61. The van der Waals surface area contributed by atoms with Crippen LogP contribution >= 0.6 is 0 Å². The van der Waals surface area contributed by atoms with E-state index in [4.69, 9.17) is 0 Å². The Morgan fingerprint density at radius 3 is 1.82 bits per heavy atom. The summed E-state index contributed by atoms with van der Waals surface area (Å²) in [5, 5.41) is 0. The smallest absolute Gasteiger partial charge is 0.744 e. The van der Waals surface area contributed by atoms with Crippen LogP contribution in [0.25, 0.3) is 10.5 Å². The Bertz CT molecular complexity index is 751. The number of benzene rings is 2. The van der Waals surface area contributed by atoms with Crippen LogP contribution in [0.2, 0.25) is 0 Å². The molecule has 2 aromatic carbocycles. The molecule has 22 heavy (non-hydrogen) atoms. The van der Waals surface area contributed by atoms with E-state index < -0.39 is 10.1 Å². The van der Waals surface area contributed by atoms with Gasteiger partial charge in [-0.05, 0) is 23.1 Å². The monoisotopic (exact) mass is 322 g/mol. The van der Waals surface area contributed by atoms with Gasteiger partial charge in [-0.2, -0.15) is 0 Å². The molecule has 0 fully saturated rings. The molecule has 0 radical (unpaired) electrons. The van der Waals surface area contributed by atoms with Gasteiger partial charge in [0.25, 0.3) is 0 Å². The molecule has 0 unspecified atom stereocenters. The van der Waals surface area contributed by atoms with Crippen LogP contribution in [0.1, 0.15) is 17.5 Å². The summed E-state index contributed by atoms with van der Waals surface area (Å²) < 4.78 is 35.3. The average molecular weight is 322 g/mol. The fraction of sp³-hybridized carbons (Fsp3) is 0.0588. The van der Waals surface area contributed by atoms with Gasteiger partial charge in [-0.25, -0.2) is 8.42 Å². The normalized spacial score (nSPS) is 12.0. The van der Waals surface area contributed by atoms with Crippen molar-refractivity contribution in [3.05, 3.63) is 84.4 Å². The quantitative estimate of drug-likeness (QED) is 0.352. The topological polar surface area (TPSA) is 57.2 Å². The van der Waals surface area contributed by atoms with Crippen LogP contribution in [0.15, 0.2) is 73.3 Å². The molecule has 2 rings (SSSR count). The van der Waals surface area contributed by atoms with Crippen molar-refractivity contribution in [1.29, 1.82) is 0 Å². The summed E-state index contributed by atoms with van der Waals surface area (Å²) in [6.07, 6.45) is 1.90. The van der Waals surface area contributed by atoms with Crippen molar-refractivity contribution in [2.24, 2.45) is 0 Å². The molecule has 0 spiro atoms. The maximum Gasteiger partial charge on any atom is 1.00 e. The van der Waals surface area contributed by atoms with Gasteiger partial charge in [-0.1, -0.05) is 66.7 Å². The zero-order valence-corrected chi connectivity index (χ0v) is 15.2. The molecule has 3 nitrogen and oxygen atoms in total. The Morgan fingerprint density at radius 2 is 1.41 bits per heavy atom. The van der Waals surface area contributed by atoms with Crippen molar-refractivity contribution < 1.29 is 42.5 Å². The fourth-order valence-electron chi connectivity index (χ4n) is 2.18. The van der Waals surface area contributed by atoms with Crippen molar-refractivity contribution in [2.45, 2.75) is 6.42 Å². The third kappa shape index (κ3) is 4.66. The van der Waals surface area contributed by atoms with Crippen molar-refractivity contribution in [1.82, 2.24) is 0 Å². The van der Waals surface area contributed by atoms with Gasteiger partial charge in [-0.3, -0.25) is 0 Å². The van der Waals surface area contributed by atoms with E-state index in [1.807, 2.05) is 6.07 Å². The summed E-state index contributed by atoms with van der Waals surface area (Å²) in [5.41, 5.74) is 1.57. The summed E-state index contributed by atoms with van der Waals surface area (Å²) in [7, 11) is -4.61. The van der Waals surface area contributed by atoms with Crippen molar-refractivity contribution in [3.8, 4) is 0 Å². The number of allylic oxidation sites excluding steroid dienone is 2. The molecule has 0 N–H and O–H groups in total. The van der Waals surface area contributed by atoms with Crippen LogP contribution in [0.4, 0.5) is 0 Å². The molecule has 5 heteroatoms. The van der Waals surface area contributed by atoms with E-state index in [2.05, 4.69) is 6.58 Å². The molecule has 0 saturated heterocycles. The Morgan fingerprint density at radius 1 is 0.955 bits per heavy atom. The predicted molar refractivity (Wildman–Crippen MR) is 84.2 cm³/mol. The van der Waals surface area contributed by atoms with Crippen LogP contribution in [-0.4, -0.2) is 13.0 Å². The average Bonchev–Trinajstić information content (AvgIpc) is 2.47. The summed E-state index contributed by atoms with van der Waals surface area (Å²) in [5.74, 6) is 0. The molecular formula is C17H15NaO3S. The Labute approximate surface area is 153 Å². The summed E-state index contributed by atoms with van der Waals surface area (Å²) in [4.78, 5) is -0.186. The molecule has 0 aliphatic carbocycles. The first-order chi connectivity index (χ1) is 10.0. The molecule has 2 aromatic rings. The first kappa shape index (κ1) is 18.9. The van der Waals surface area contributed by atoms with E-state index in [9.17, 15) is 13.0 Å². The summed E-state index contributed by atoms with van der Waals surface area (Å²) in [6.45, 7) is 3.65. The van der Waals surface area contributed by atoms with Crippen LogP contribution in [0.5, 0.6) is 0 Å². The van der Waals surface area contributed by atoms with Gasteiger partial charge in [-0.15, -0.1) is 6.58 Å². The van der Waals surface area contributed by atoms with E-state index in [-0.39, 0.29) is 34.5 Å². The van der Waals surface area contributed by atoms with Crippen molar-refractivity contribution in [3.63, 3.8) is 0 Å². The number of hydrogen-bond donors (Lipinski definition) is 0. The SMILES string of the molecule is C=CCC(=C(c1ccccc1)S(=O)(=O)[O-])c1ccccc1.[Na+]. The zero-order valence-electron chi connectivity index (χ0n) is 12.4. The van der Waals surface area contributed by atoms with Crippen LogP contribution in [0, 0.1) is 0 Å². The van der Waals surface area contributed by atoms with Gasteiger partial charge in [0, 0.05) is 0 Å². The van der Waals surface area contributed by atoms with Gasteiger partial charge in [0.2, 0.25) is 0 Å². The van der Waals surface area contributed by atoms with E-state index in [0.717, 1.165) is 0 Å². The summed E-state index contributed by atoms with van der Waals surface area (Å²) in [6, 6.07) is 17.4. The van der Waals surface area contributed by atoms with Gasteiger partial charge in [0.1, 0.15) is 10.1 Å². The molecule has 0 aliphatic rings. The van der Waals surface area contributed by atoms with Crippen LogP contribution in [0.3, 0.4) is 0 Å². The standard InChI is InChI=1S/C17H16O3S.Na/c1-2-9-16(14-10-5-3-6-11-14)17(21(18,19)20)15-12-7-4-8-13-15;/h2-8,10-13H,1,9H2,(H,18,19,20);/q;+1/p-1. The molecular weight excluding hydrogens is 307 g/mol. The van der Waals surface area contributed by atoms with Crippen LogP contribution < -0.4 is 29.6 Å². The van der Waals surface area contributed by atoms with E-state index in [1.165, 1.54) is 0 Å². The molecule has 0 saturated carbocycles. The van der Waals surface area contributed by atoms with Gasteiger partial charge in [0.05, 0.1) is 4.91 Å². The molecule has 0 aliphatic heterocycles. The minimum Gasteiger partial charge on any atom is -0.744 e. The van der Waals surface area contributed by atoms with E-state index in [1.54, 1.807) is 60.7 Å². The summed E-state index contributed by atoms with van der Waals surface area (Å²) >= 11 is 0. The first-order valence-electron chi connectivity index (χ1n) is 6.45. The maximum atomic E-state index is 11.8. The Kier molecular flexibility index (Phi) is 7.26. The maximum absolute atomic E-state index is 11.8. The van der Waals surface area contributed by atoms with E-state index in [0.29, 0.717) is 23.1 Å². The molecule has 108 valence electrons. The second-order valence-corrected chi connectivity index (χ2v) is 5.80. The largest absolute Gasteiger partial charge is 1.00 e. The first-order valence-corrected chi connectivity index (χ1v) is 7.85. The number of hydrogen-bond acceptors (Lipinski definition) is 3. The molecule has 0 aromatic heterocycles. The van der Waals surface area contributed by atoms with Gasteiger partial charge in [0.15, 0.2) is 0 Å². The number of rotatable bonds is 5. The Balaban J connectivity index is 0.00000242. The van der Waals surface area contributed by atoms with Gasteiger partial charge < -0.3 is 4.55 Å².